The molecule has 1 aromatic carbocycles. The highest BCUT2D eigenvalue weighted by molar-refractivity contribution is 5.40. The summed E-state index contributed by atoms with van der Waals surface area (Å²) < 4.78 is 11.8. The fourth-order valence-electron chi connectivity index (χ4n) is 2.58. The standard InChI is InChI=1S/C17H25NO2/c1-3-4-5-6-7-10-14(18-2)17-13-19-15-11-8-9-12-16(15)20-17/h3,8-9,11-12,14,17-18H,1,4-7,10,13H2,2H3. The van der Waals surface area contributed by atoms with Crippen LogP contribution in [0.25, 0.3) is 0 Å². The van der Waals surface area contributed by atoms with Crippen LogP contribution in [0.5, 0.6) is 11.5 Å². The van der Waals surface area contributed by atoms with Crippen LogP contribution in [-0.2, 0) is 0 Å². The molecule has 0 radical (unpaired) electrons. The van der Waals surface area contributed by atoms with E-state index in [0.717, 1.165) is 24.3 Å². The number of nitrogens with one attached hydrogen (secondary N) is 1. The Morgan fingerprint density at radius 1 is 1.30 bits per heavy atom. The summed E-state index contributed by atoms with van der Waals surface area (Å²) in [4.78, 5) is 0. The first-order valence-corrected chi connectivity index (χ1v) is 7.51. The van der Waals surface area contributed by atoms with E-state index in [1.807, 2.05) is 37.4 Å². The fourth-order valence-corrected chi connectivity index (χ4v) is 2.58. The molecule has 0 fully saturated rings. The Bertz CT molecular complexity index is 419. The average Bonchev–Trinajstić information content (AvgIpc) is 2.50. The number of fused-ring (bicyclic) bond motifs is 1. The summed E-state index contributed by atoms with van der Waals surface area (Å²) in [5, 5.41) is 3.37. The van der Waals surface area contributed by atoms with Crippen LogP contribution in [-0.4, -0.2) is 25.8 Å². The number of unbranched alkanes of at least 4 members (excludes halogenated alkanes) is 3. The highest BCUT2D eigenvalue weighted by atomic mass is 16.6. The molecule has 3 heteroatoms. The average molecular weight is 275 g/mol. The van der Waals surface area contributed by atoms with E-state index in [1.165, 1.54) is 19.3 Å². The summed E-state index contributed by atoms with van der Waals surface area (Å²) in [5.41, 5.74) is 0. The summed E-state index contributed by atoms with van der Waals surface area (Å²) in [7, 11) is 2.00. The SMILES string of the molecule is C=CCCCCCC(NC)C1COc2ccccc2O1. The second-order valence-corrected chi connectivity index (χ2v) is 5.24. The molecular formula is C17H25NO2. The molecule has 0 aromatic heterocycles. The molecule has 1 aliphatic heterocycles. The number of hydrogen-bond acceptors (Lipinski definition) is 3. The molecule has 1 N–H and O–H groups in total. The Hall–Kier alpha value is -1.48. The van der Waals surface area contributed by atoms with Gasteiger partial charge in [-0.25, -0.2) is 0 Å². The lowest BCUT2D eigenvalue weighted by Gasteiger charge is -2.32. The van der Waals surface area contributed by atoms with Crippen LogP contribution in [0, 0.1) is 0 Å². The van der Waals surface area contributed by atoms with E-state index in [4.69, 9.17) is 9.47 Å². The third kappa shape index (κ3) is 4.01. The number of rotatable bonds is 8. The van der Waals surface area contributed by atoms with Gasteiger partial charge in [0.15, 0.2) is 11.5 Å². The van der Waals surface area contributed by atoms with Crippen molar-refractivity contribution in [3.63, 3.8) is 0 Å². The molecule has 0 saturated heterocycles. The zero-order valence-corrected chi connectivity index (χ0v) is 12.3. The van der Waals surface area contributed by atoms with Crippen LogP contribution >= 0.6 is 0 Å². The van der Waals surface area contributed by atoms with E-state index in [0.29, 0.717) is 12.6 Å². The molecule has 1 aliphatic rings. The van der Waals surface area contributed by atoms with Crippen molar-refractivity contribution in [2.75, 3.05) is 13.7 Å². The summed E-state index contributed by atoms with van der Waals surface area (Å²) in [6, 6.07) is 8.21. The van der Waals surface area contributed by atoms with Gasteiger partial charge in [-0.1, -0.05) is 31.1 Å². The summed E-state index contributed by atoms with van der Waals surface area (Å²) in [6.07, 6.45) is 7.99. The monoisotopic (exact) mass is 275 g/mol. The van der Waals surface area contributed by atoms with E-state index in [9.17, 15) is 0 Å². The molecule has 3 nitrogen and oxygen atoms in total. The quantitative estimate of drug-likeness (QED) is 0.581. The number of ether oxygens (including phenoxy) is 2. The van der Waals surface area contributed by atoms with Crippen molar-refractivity contribution in [3.05, 3.63) is 36.9 Å². The lowest BCUT2D eigenvalue weighted by atomic mass is 10.0. The van der Waals surface area contributed by atoms with Gasteiger partial charge in [-0.15, -0.1) is 6.58 Å². The Labute approximate surface area is 122 Å². The molecular weight excluding hydrogens is 250 g/mol. The van der Waals surface area contributed by atoms with Crippen molar-refractivity contribution >= 4 is 0 Å². The second kappa shape index (κ2) is 7.95. The van der Waals surface area contributed by atoms with Crippen molar-refractivity contribution < 1.29 is 9.47 Å². The molecule has 110 valence electrons. The maximum Gasteiger partial charge on any atom is 0.161 e. The van der Waals surface area contributed by atoms with Gasteiger partial charge < -0.3 is 14.8 Å². The smallest absolute Gasteiger partial charge is 0.161 e. The number of para-hydroxylation sites is 2. The Morgan fingerprint density at radius 2 is 2.10 bits per heavy atom. The number of likely N-dealkylation sites (N-methyl/N-ethyl adjacent to an activating group) is 1. The first-order chi connectivity index (χ1) is 9.85. The predicted octanol–water partition coefficient (Wildman–Crippen LogP) is 3.55. The third-order valence-electron chi connectivity index (χ3n) is 3.77. The van der Waals surface area contributed by atoms with Crippen LogP contribution in [0.3, 0.4) is 0 Å². The van der Waals surface area contributed by atoms with Gasteiger partial charge in [0.2, 0.25) is 0 Å². The van der Waals surface area contributed by atoms with Crippen molar-refractivity contribution in [1.29, 1.82) is 0 Å². The van der Waals surface area contributed by atoms with Crippen molar-refractivity contribution in [2.45, 2.75) is 44.2 Å². The highest BCUT2D eigenvalue weighted by Crippen LogP contribution is 2.32. The Balaban J connectivity index is 1.82. The maximum atomic E-state index is 6.06. The van der Waals surface area contributed by atoms with Crippen LogP contribution in [0.4, 0.5) is 0 Å². The van der Waals surface area contributed by atoms with Gasteiger partial charge in [-0.2, -0.15) is 0 Å². The van der Waals surface area contributed by atoms with Gasteiger partial charge >= 0.3 is 0 Å². The largest absolute Gasteiger partial charge is 0.486 e. The number of allylic oxidation sites excluding steroid dienone is 1. The van der Waals surface area contributed by atoms with Crippen LogP contribution in [0.2, 0.25) is 0 Å². The number of hydrogen-bond donors (Lipinski definition) is 1. The zero-order valence-electron chi connectivity index (χ0n) is 12.3. The summed E-state index contributed by atoms with van der Waals surface area (Å²) >= 11 is 0. The van der Waals surface area contributed by atoms with Gasteiger partial charge in [0.05, 0.1) is 0 Å². The normalized spacial score (nSPS) is 18.6. The van der Waals surface area contributed by atoms with Crippen molar-refractivity contribution in [2.24, 2.45) is 0 Å². The van der Waals surface area contributed by atoms with E-state index < -0.39 is 0 Å². The Morgan fingerprint density at radius 3 is 2.85 bits per heavy atom. The summed E-state index contributed by atoms with van der Waals surface area (Å²) in [6.45, 7) is 4.38. The summed E-state index contributed by atoms with van der Waals surface area (Å²) in [5.74, 6) is 1.71. The highest BCUT2D eigenvalue weighted by Gasteiger charge is 2.27. The number of benzene rings is 1. The van der Waals surface area contributed by atoms with Gasteiger partial charge in [-0.3, -0.25) is 0 Å². The van der Waals surface area contributed by atoms with E-state index in [2.05, 4.69) is 11.9 Å². The molecule has 2 unspecified atom stereocenters. The van der Waals surface area contributed by atoms with Gasteiger partial charge in [-0.05, 0) is 38.4 Å². The molecule has 1 heterocycles. The predicted molar refractivity (Wildman–Crippen MR) is 82.5 cm³/mol. The van der Waals surface area contributed by atoms with Gasteiger partial charge in [0, 0.05) is 6.04 Å². The fraction of sp³-hybridized carbons (Fsp3) is 0.529. The van der Waals surface area contributed by atoms with E-state index in [1.54, 1.807) is 0 Å². The van der Waals surface area contributed by atoms with Crippen LogP contribution < -0.4 is 14.8 Å². The van der Waals surface area contributed by atoms with Gasteiger partial charge in [0.1, 0.15) is 12.7 Å². The topological polar surface area (TPSA) is 30.5 Å². The molecule has 0 aliphatic carbocycles. The van der Waals surface area contributed by atoms with Crippen LogP contribution in [0.15, 0.2) is 36.9 Å². The van der Waals surface area contributed by atoms with E-state index in [-0.39, 0.29) is 6.10 Å². The molecule has 2 atom stereocenters. The molecule has 0 amide bonds. The zero-order chi connectivity index (χ0) is 14.2. The lowest BCUT2D eigenvalue weighted by Crippen LogP contribution is -2.46. The van der Waals surface area contributed by atoms with E-state index >= 15 is 0 Å². The van der Waals surface area contributed by atoms with Gasteiger partial charge in [0.25, 0.3) is 0 Å². The maximum absolute atomic E-state index is 6.06. The van der Waals surface area contributed by atoms with Crippen molar-refractivity contribution in [3.8, 4) is 11.5 Å². The molecule has 0 spiro atoms. The molecule has 0 bridgehead atoms. The minimum Gasteiger partial charge on any atom is -0.486 e. The first kappa shape index (κ1) is 14.9. The minimum absolute atomic E-state index is 0.0919. The Kier molecular flexibility index (Phi) is 5.93. The van der Waals surface area contributed by atoms with Crippen LogP contribution in [0.1, 0.15) is 32.1 Å². The molecule has 0 saturated carbocycles. The molecule has 1 aromatic rings. The van der Waals surface area contributed by atoms with Crippen molar-refractivity contribution in [1.82, 2.24) is 5.32 Å². The molecule has 20 heavy (non-hydrogen) atoms. The third-order valence-corrected chi connectivity index (χ3v) is 3.77. The molecule has 2 rings (SSSR count). The second-order valence-electron chi connectivity index (χ2n) is 5.24. The minimum atomic E-state index is 0.0919. The first-order valence-electron chi connectivity index (χ1n) is 7.51. The lowest BCUT2D eigenvalue weighted by molar-refractivity contribution is 0.0609.